The van der Waals surface area contributed by atoms with Gasteiger partial charge in [-0.25, -0.2) is 4.79 Å². The van der Waals surface area contributed by atoms with Crippen molar-refractivity contribution >= 4 is 5.97 Å². The second kappa shape index (κ2) is 10.1. The van der Waals surface area contributed by atoms with Crippen LogP contribution in [0, 0.1) is 0 Å². The van der Waals surface area contributed by atoms with Gasteiger partial charge in [-0.2, -0.15) is 0 Å². The van der Waals surface area contributed by atoms with Crippen molar-refractivity contribution in [2.45, 2.75) is 51.9 Å². The van der Waals surface area contributed by atoms with Crippen LogP contribution in [0.4, 0.5) is 0 Å². The summed E-state index contributed by atoms with van der Waals surface area (Å²) < 4.78 is 5.48. The molecule has 0 atom stereocenters. The summed E-state index contributed by atoms with van der Waals surface area (Å²) in [6, 6.07) is 2.89. The van der Waals surface area contributed by atoms with Crippen molar-refractivity contribution in [3.05, 3.63) is 23.3 Å². The van der Waals surface area contributed by atoms with Gasteiger partial charge in [0.1, 0.15) is 5.56 Å². The highest BCUT2D eigenvalue weighted by Gasteiger charge is 2.18. The molecule has 0 aliphatic heterocycles. The van der Waals surface area contributed by atoms with Crippen LogP contribution in [0.1, 0.15) is 61.4 Å². The number of aromatic carboxylic acids is 1. The molecule has 0 aliphatic carbocycles. The molecule has 1 aromatic carbocycles. The number of hydrogen-bond acceptors (Lipinski definition) is 4. The van der Waals surface area contributed by atoms with Crippen LogP contribution in [-0.2, 0) is 11.2 Å². The van der Waals surface area contributed by atoms with Gasteiger partial charge in [-0.3, -0.25) is 0 Å². The average Bonchev–Trinajstić information content (AvgIpc) is 2.48. The smallest absolute Gasteiger partial charge is 0.339 e. The Morgan fingerprint density at radius 1 is 1.05 bits per heavy atom. The third-order valence-electron chi connectivity index (χ3n) is 3.58. The maximum Gasteiger partial charge on any atom is 0.339 e. The summed E-state index contributed by atoms with van der Waals surface area (Å²) in [5.74, 6) is -2.16. The topological polar surface area (TPSA) is 87.0 Å². The molecule has 3 N–H and O–H groups in total. The molecule has 0 heterocycles. The van der Waals surface area contributed by atoms with Crippen molar-refractivity contribution in [1.29, 1.82) is 0 Å². The standard InChI is InChI=1S/C17H26O5/c1-2-3-11-22-12-7-5-4-6-8-13-9-10-14(18)16(19)15(13)17(20)21/h9-10,18-19H,2-8,11-12H2,1H3,(H,20,21). The monoisotopic (exact) mass is 310 g/mol. The lowest BCUT2D eigenvalue weighted by atomic mass is 9.99. The van der Waals surface area contributed by atoms with E-state index in [1.54, 1.807) is 6.07 Å². The SMILES string of the molecule is CCCCOCCCCCCc1ccc(O)c(O)c1C(=O)O. The zero-order valence-electron chi connectivity index (χ0n) is 13.2. The molecule has 0 spiro atoms. The molecule has 1 aromatic rings. The molecule has 0 aromatic heterocycles. The molecule has 0 fully saturated rings. The van der Waals surface area contributed by atoms with Crippen LogP contribution >= 0.6 is 0 Å². The zero-order valence-corrected chi connectivity index (χ0v) is 13.2. The molecule has 1 rings (SSSR count). The van der Waals surface area contributed by atoms with E-state index in [1.165, 1.54) is 6.07 Å². The van der Waals surface area contributed by atoms with Crippen LogP contribution in [0.3, 0.4) is 0 Å². The number of carboxylic acids is 1. The Hall–Kier alpha value is -1.75. The van der Waals surface area contributed by atoms with Crippen LogP contribution in [0.2, 0.25) is 0 Å². The van der Waals surface area contributed by atoms with E-state index in [4.69, 9.17) is 9.84 Å². The largest absolute Gasteiger partial charge is 0.504 e. The second-order valence-corrected chi connectivity index (χ2v) is 5.40. The number of hydrogen-bond donors (Lipinski definition) is 3. The summed E-state index contributed by atoms with van der Waals surface area (Å²) in [7, 11) is 0. The summed E-state index contributed by atoms with van der Waals surface area (Å²) >= 11 is 0. The van der Waals surface area contributed by atoms with Gasteiger partial charge in [0.05, 0.1) is 0 Å². The van der Waals surface area contributed by atoms with E-state index in [0.29, 0.717) is 12.0 Å². The Morgan fingerprint density at radius 3 is 2.41 bits per heavy atom. The first kappa shape index (κ1) is 18.3. The van der Waals surface area contributed by atoms with E-state index in [2.05, 4.69) is 6.92 Å². The number of aromatic hydroxyl groups is 2. The lowest BCUT2D eigenvalue weighted by Crippen LogP contribution is -2.03. The highest BCUT2D eigenvalue weighted by molar-refractivity contribution is 5.93. The van der Waals surface area contributed by atoms with Crippen molar-refractivity contribution < 1.29 is 24.9 Å². The van der Waals surface area contributed by atoms with Gasteiger partial charge in [0.15, 0.2) is 11.5 Å². The van der Waals surface area contributed by atoms with Crippen molar-refractivity contribution in [3.8, 4) is 11.5 Å². The Balaban J connectivity index is 2.31. The normalized spacial score (nSPS) is 10.8. The maximum absolute atomic E-state index is 11.2. The third kappa shape index (κ3) is 5.93. The number of carboxylic acid groups (broad SMARTS) is 1. The number of ether oxygens (including phenoxy) is 1. The highest BCUT2D eigenvalue weighted by atomic mass is 16.5. The quantitative estimate of drug-likeness (QED) is 0.428. The predicted molar refractivity (Wildman–Crippen MR) is 84.6 cm³/mol. The molecule has 5 nitrogen and oxygen atoms in total. The van der Waals surface area contributed by atoms with Gasteiger partial charge >= 0.3 is 5.97 Å². The molecule has 0 bridgehead atoms. The maximum atomic E-state index is 11.2. The molecule has 5 heteroatoms. The van der Waals surface area contributed by atoms with E-state index in [-0.39, 0.29) is 5.56 Å². The van der Waals surface area contributed by atoms with Crippen LogP contribution in [0.15, 0.2) is 12.1 Å². The minimum absolute atomic E-state index is 0.192. The van der Waals surface area contributed by atoms with Gasteiger partial charge in [-0.1, -0.05) is 32.3 Å². The third-order valence-corrected chi connectivity index (χ3v) is 3.58. The number of rotatable bonds is 11. The molecule has 0 unspecified atom stereocenters. The van der Waals surface area contributed by atoms with Gasteiger partial charge < -0.3 is 20.1 Å². The van der Waals surface area contributed by atoms with E-state index in [9.17, 15) is 15.0 Å². The number of aryl methyl sites for hydroxylation is 1. The second-order valence-electron chi connectivity index (χ2n) is 5.40. The van der Waals surface area contributed by atoms with Crippen molar-refractivity contribution in [3.63, 3.8) is 0 Å². The Bertz CT molecular complexity index is 470. The highest BCUT2D eigenvalue weighted by Crippen LogP contribution is 2.32. The average molecular weight is 310 g/mol. The Labute approximate surface area is 131 Å². The first-order chi connectivity index (χ1) is 10.6. The molecular weight excluding hydrogens is 284 g/mol. The summed E-state index contributed by atoms with van der Waals surface area (Å²) in [6.07, 6.45) is 6.70. The summed E-state index contributed by atoms with van der Waals surface area (Å²) in [6.45, 7) is 3.74. The van der Waals surface area contributed by atoms with Gasteiger partial charge in [-0.05, 0) is 37.3 Å². The Kier molecular flexibility index (Phi) is 8.36. The van der Waals surface area contributed by atoms with Gasteiger partial charge in [0, 0.05) is 13.2 Å². The first-order valence-corrected chi connectivity index (χ1v) is 7.92. The molecule has 0 aliphatic rings. The molecule has 0 saturated carbocycles. The lowest BCUT2D eigenvalue weighted by Gasteiger charge is -2.09. The summed E-state index contributed by atoms with van der Waals surface area (Å²) in [5.41, 5.74) is 0.366. The fraction of sp³-hybridized carbons (Fsp3) is 0.588. The molecule has 0 saturated heterocycles. The van der Waals surface area contributed by atoms with Crippen LogP contribution in [-0.4, -0.2) is 34.5 Å². The number of phenolic OH excluding ortho intramolecular Hbond substituents is 1. The first-order valence-electron chi connectivity index (χ1n) is 7.92. The van der Waals surface area contributed by atoms with E-state index < -0.39 is 17.5 Å². The molecule has 0 radical (unpaired) electrons. The van der Waals surface area contributed by atoms with Gasteiger partial charge in [-0.15, -0.1) is 0 Å². The number of unbranched alkanes of at least 4 members (excludes halogenated alkanes) is 4. The molecule has 124 valence electrons. The van der Waals surface area contributed by atoms with Gasteiger partial charge in [0.2, 0.25) is 0 Å². The predicted octanol–water partition coefficient (Wildman–Crippen LogP) is 3.72. The van der Waals surface area contributed by atoms with Crippen LogP contribution in [0.5, 0.6) is 11.5 Å². The van der Waals surface area contributed by atoms with Crippen LogP contribution < -0.4 is 0 Å². The van der Waals surface area contributed by atoms with E-state index in [0.717, 1.165) is 51.7 Å². The number of benzene rings is 1. The molecular formula is C17H26O5. The zero-order chi connectivity index (χ0) is 16.4. The van der Waals surface area contributed by atoms with Crippen LogP contribution in [0.25, 0.3) is 0 Å². The van der Waals surface area contributed by atoms with E-state index >= 15 is 0 Å². The minimum Gasteiger partial charge on any atom is -0.504 e. The lowest BCUT2D eigenvalue weighted by molar-refractivity contribution is 0.0691. The fourth-order valence-electron chi connectivity index (χ4n) is 2.29. The van der Waals surface area contributed by atoms with Gasteiger partial charge in [0.25, 0.3) is 0 Å². The summed E-state index contributed by atoms with van der Waals surface area (Å²) in [4.78, 5) is 11.2. The van der Waals surface area contributed by atoms with E-state index in [1.807, 2.05) is 0 Å². The molecule has 0 amide bonds. The van der Waals surface area contributed by atoms with Crippen molar-refractivity contribution in [2.75, 3.05) is 13.2 Å². The minimum atomic E-state index is -1.22. The summed E-state index contributed by atoms with van der Waals surface area (Å²) in [5, 5.41) is 28.1. The Morgan fingerprint density at radius 2 is 1.73 bits per heavy atom. The molecule has 22 heavy (non-hydrogen) atoms. The fourth-order valence-corrected chi connectivity index (χ4v) is 2.29. The van der Waals surface area contributed by atoms with Crippen molar-refractivity contribution in [1.82, 2.24) is 0 Å². The number of carbonyl (C=O) groups is 1. The number of phenols is 2. The van der Waals surface area contributed by atoms with Crippen molar-refractivity contribution in [2.24, 2.45) is 0 Å².